The Labute approximate surface area is 96.0 Å². The van der Waals surface area contributed by atoms with Gasteiger partial charge in [-0.3, -0.25) is 0 Å². The first-order chi connectivity index (χ1) is 8.11. The maximum atomic E-state index is 10.7. The van der Waals surface area contributed by atoms with Gasteiger partial charge in [0.1, 0.15) is 11.9 Å². The molecule has 2 rings (SSSR count). The van der Waals surface area contributed by atoms with Crippen LogP contribution >= 0.6 is 0 Å². The molecule has 0 amide bonds. The number of nitrogens with zero attached hydrogens (tertiary/aromatic N) is 5. The van der Waals surface area contributed by atoms with Crippen LogP contribution in [0.4, 0.5) is 0 Å². The highest BCUT2D eigenvalue weighted by Gasteiger charge is 2.14. The number of nitriles is 1. The van der Waals surface area contributed by atoms with Crippen LogP contribution in [-0.4, -0.2) is 30.8 Å². The molecule has 7 heteroatoms. The lowest BCUT2D eigenvalue weighted by Gasteiger charge is -2.00. The number of hydrogen-bond donors (Lipinski definition) is 1. The van der Waals surface area contributed by atoms with Gasteiger partial charge in [-0.2, -0.15) is 9.94 Å². The van der Waals surface area contributed by atoms with Crippen molar-refractivity contribution in [1.29, 1.82) is 5.26 Å². The molecule has 0 unspecified atom stereocenters. The lowest BCUT2D eigenvalue weighted by atomic mass is 10.3. The molecule has 1 N–H and O–H groups in total. The van der Waals surface area contributed by atoms with Crippen LogP contribution in [0, 0.1) is 18.3 Å². The first-order valence-electron chi connectivity index (χ1n) is 4.65. The molecule has 0 aliphatic rings. The summed E-state index contributed by atoms with van der Waals surface area (Å²) in [6.07, 6.45) is 1.39. The Morgan fingerprint density at radius 2 is 2.29 bits per heavy atom. The third-order valence-corrected chi connectivity index (χ3v) is 2.05. The Morgan fingerprint density at radius 1 is 1.53 bits per heavy atom. The standard InChI is InChI=1S/C10H7N5O2/c1-6-13-9(10(16)17)14-15(6)8-3-2-7(4-11)5-12-8/h2-3,5H,1H3,(H,16,17). The van der Waals surface area contributed by atoms with E-state index in [-0.39, 0.29) is 5.82 Å². The van der Waals surface area contributed by atoms with E-state index in [2.05, 4.69) is 15.1 Å². The second kappa shape index (κ2) is 4.02. The molecule has 7 nitrogen and oxygen atoms in total. The molecule has 0 spiro atoms. The second-order valence-electron chi connectivity index (χ2n) is 3.22. The Morgan fingerprint density at radius 3 is 2.76 bits per heavy atom. The van der Waals surface area contributed by atoms with E-state index in [0.717, 1.165) is 0 Å². The highest BCUT2D eigenvalue weighted by molar-refractivity contribution is 5.82. The van der Waals surface area contributed by atoms with Gasteiger partial charge < -0.3 is 5.11 Å². The summed E-state index contributed by atoms with van der Waals surface area (Å²) in [6.45, 7) is 1.62. The number of carboxylic acid groups (broad SMARTS) is 1. The van der Waals surface area contributed by atoms with Crippen LogP contribution in [0.2, 0.25) is 0 Å². The minimum atomic E-state index is -1.19. The van der Waals surface area contributed by atoms with Crippen molar-refractivity contribution in [2.24, 2.45) is 0 Å². The number of pyridine rings is 1. The van der Waals surface area contributed by atoms with Gasteiger partial charge in [0.05, 0.1) is 5.56 Å². The number of carboxylic acids is 1. The minimum absolute atomic E-state index is 0.284. The molecule has 2 heterocycles. The summed E-state index contributed by atoms with van der Waals surface area (Å²) in [5.41, 5.74) is 0.421. The summed E-state index contributed by atoms with van der Waals surface area (Å²) >= 11 is 0. The lowest BCUT2D eigenvalue weighted by Crippen LogP contribution is -2.04. The van der Waals surface area contributed by atoms with Gasteiger partial charge in [0.15, 0.2) is 5.82 Å². The zero-order valence-corrected chi connectivity index (χ0v) is 8.82. The number of carbonyl (C=O) groups is 1. The molecule has 0 saturated heterocycles. The van der Waals surface area contributed by atoms with Crippen molar-refractivity contribution in [2.75, 3.05) is 0 Å². The molecule has 2 aromatic rings. The zero-order chi connectivity index (χ0) is 12.4. The van der Waals surface area contributed by atoms with Crippen LogP contribution in [0.25, 0.3) is 5.82 Å². The highest BCUT2D eigenvalue weighted by Crippen LogP contribution is 2.07. The van der Waals surface area contributed by atoms with E-state index in [1.54, 1.807) is 19.1 Å². The van der Waals surface area contributed by atoms with E-state index in [1.165, 1.54) is 10.9 Å². The normalized spacial score (nSPS) is 9.88. The number of aromatic nitrogens is 4. The van der Waals surface area contributed by atoms with Crippen molar-refractivity contribution >= 4 is 5.97 Å². The molecule has 0 aliphatic carbocycles. The molecule has 0 radical (unpaired) electrons. The van der Waals surface area contributed by atoms with Crippen LogP contribution < -0.4 is 0 Å². The van der Waals surface area contributed by atoms with Crippen molar-refractivity contribution in [1.82, 2.24) is 19.7 Å². The first kappa shape index (κ1) is 10.8. The average Bonchev–Trinajstić information content (AvgIpc) is 2.72. The van der Waals surface area contributed by atoms with Gasteiger partial charge in [-0.1, -0.05) is 0 Å². The first-order valence-corrected chi connectivity index (χ1v) is 4.65. The van der Waals surface area contributed by atoms with Gasteiger partial charge in [0.25, 0.3) is 5.82 Å². The van der Waals surface area contributed by atoms with E-state index < -0.39 is 5.97 Å². The second-order valence-corrected chi connectivity index (χ2v) is 3.22. The van der Waals surface area contributed by atoms with Crippen molar-refractivity contribution in [3.05, 3.63) is 35.5 Å². The maximum absolute atomic E-state index is 10.7. The molecular formula is C10H7N5O2. The van der Waals surface area contributed by atoms with E-state index >= 15 is 0 Å². The minimum Gasteiger partial charge on any atom is -0.475 e. The van der Waals surface area contributed by atoms with Gasteiger partial charge in [-0.05, 0) is 19.1 Å². The average molecular weight is 229 g/mol. The molecule has 84 valence electrons. The topological polar surface area (TPSA) is 105 Å². The SMILES string of the molecule is Cc1nc(C(=O)O)nn1-c1ccc(C#N)cn1. The van der Waals surface area contributed by atoms with Crippen LogP contribution in [0.5, 0.6) is 0 Å². The fourth-order valence-corrected chi connectivity index (χ4v) is 1.28. The predicted molar refractivity (Wildman–Crippen MR) is 55.6 cm³/mol. The molecule has 0 atom stereocenters. The predicted octanol–water partition coefficient (Wildman–Crippen LogP) is 0.541. The van der Waals surface area contributed by atoms with Crippen molar-refractivity contribution in [2.45, 2.75) is 6.92 Å². The third-order valence-electron chi connectivity index (χ3n) is 2.05. The third kappa shape index (κ3) is 1.96. The van der Waals surface area contributed by atoms with Crippen LogP contribution in [0.3, 0.4) is 0 Å². The molecule has 0 aliphatic heterocycles. The Kier molecular flexibility index (Phi) is 2.54. The molecule has 0 bridgehead atoms. The van der Waals surface area contributed by atoms with Crippen LogP contribution in [-0.2, 0) is 0 Å². The summed E-state index contributed by atoms with van der Waals surface area (Å²) in [4.78, 5) is 18.5. The van der Waals surface area contributed by atoms with Gasteiger partial charge in [-0.25, -0.2) is 14.8 Å². The smallest absolute Gasteiger partial charge is 0.375 e. The zero-order valence-electron chi connectivity index (χ0n) is 8.82. The lowest BCUT2D eigenvalue weighted by molar-refractivity contribution is 0.0683. The van der Waals surface area contributed by atoms with E-state index in [0.29, 0.717) is 17.2 Å². The number of hydrogen-bond acceptors (Lipinski definition) is 5. The van der Waals surface area contributed by atoms with E-state index in [1.807, 2.05) is 6.07 Å². The van der Waals surface area contributed by atoms with Crippen LogP contribution in [0.15, 0.2) is 18.3 Å². The Balaban J connectivity index is 2.46. The molecule has 17 heavy (non-hydrogen) atoms. The van der Waals surface area contributed by atoms with Crippen LogP contribution in [0.1, 0.15) is 22.0 Å². The summed E-state index contributed by atoms with van der Waals surface area (Å²) in [6, 6.07) is 5.09. The summed E-state index contributed by atoms with van der Waals surface area (Å²) < 4.78 is 1.31. The van der Waals surface area contributed by atoms with E-state index in [9.17, 15) is 4.79 Å². The largest absolute Gasteiger partial charge is 0.475 e. The summed E-state index contributed by atoms with van der Waals surface area (Å²) in [7, 11) is 0. The van der Waals surface area contributed by atoms with Crippen molar-refractivity contribution < 1.29 is 9.90 Å². The molecular weight excluding hydrogens is 222 g/mol. The Bertz CT molecular complexity index is 609. The van der Waals surface area contributed by atoms with E-state index in [4.69, 9.17) is 10.4 Å². The summed E-state index contributed by atoms with van der Waals surface area (Å²) in [5, 5.41) is 21.2. The molecule has 0 fully saturated rings. The molecule has 0 saturated carbocycles. The number of aryl methyl sites for hydroxylation is 1. The maximum Gasteiger partial charge on any atom is 0.375 e. The Hall–Kier alpha value is -2.75. The number of aromatic carboxylic acids is 1. The quantitative estimate of drug-likeness (QED) is 0.805. The molecule has 2 aromatic heterocycles. The van der Waals surface area contributed by atoms with Gasteiger partial charge >= 0.3 is 5.97 Å². The fraction of sp³-hybridized carbons (Fsp3) is 0.100. The number of rotatable bonds is 2. The van der Waals surface area contributed by atoms with Crippen molar-refractivity contribution in [3.63, 3.8) is 0 Å². The van der Waals surface area contributed by atoms with Crippen molar-refractivity contribution in [3.8, 4) is 11.9 Å². The molecule has 0 aromatic carbocycles. The summed E-state index contributed by atoms with van der Waals surface area (Å²) in [5.74, 6) is -0.643. The van der Waals surface area contributed by atoms with Gasteiger partial charge in [-0.15, -0.1) is 5.10 Å². The monoisotopic (exact) mass is 229 g/mol. The fourth-order valence-electron chi connectivity index (χ4n) is 1.28. The highest BCUT2D eigenvalue weighted by atomic mass is 16.4. The van der Waals surface area contributed by atoms with Gasteiger partial charge in [0.2, 0.25) is 0 Å². The van der Waals surface area contributed by atoms with Gasteiger partial charge in [0, 0.05) is 6.20 Å².